The Hall–Kier alpha value is -2.77. The molecule has 0 saturated carbocycles. The van der Waals surface area contributed by atoms with Gasteiger partial charge in [-0.05, 0) is 49.0 Å². The molecule has 2 heterocycles. The van der Waals surface area contributed by atoms with E-state index in [0.29, 0.717) is 22.5 Å². The van der Waals surface area contributed by atoms with Crippen molar-refractivity contribution in [1.82, 2.24) is 10.3 Å². The fraction of sp³-hybridized carbons (Fsp3) is 0.105. The molecule has 0 radical (unpaired) electrons. The zero-order valence-electron chi connectivity index (χ0n) is 13.9. The lowest BCUT2D eigenvalue weighted by molar-refractivity contribution is -0.113. The number of hydrogen-bond acceptors (Lipinski definition) is 5. The summed E-state index contributed by atoms with van der Waals surface area (Å²) in [5.41, 5.74) is 2.18. The molecule has 26 heavy (non-hydrogen) atoms. The Labute approximate surface area is 159 Å². The Balaban J connectivity index is 1.67. The summed E-state index contributed by atoms with van der Waals surface area (Å²) in [5.74, 6) is 0.580. The molecule has 2 aromatic carbocycles. The molecule has 1 aromatic heterocycles. The summed E-state index contributed by atoms with van der Waals surface area (Å²) in [6, 6.07) is 15.3. The predicted molar refractivity (Wildman–Crippen MR) is 108 cm³/mol. The minimum Gasteiger partial charge on any atom is -0.494 e. The van der Waals surface area contributed by atoms with Crippen LogP contribution in [0.1, 0.15) is 12.5 Å². The summed E-state index contributed by atoms with van der Waals surface area (Å²) in [7, 11) is 0. The van der Waals surface area contributed by atoms with Gasteiger partial charge in [0.1, 0.15) is 11.4 Å². The van der Waals surface area contributed by atoms with Crippen LogP contribution in [0.2, 0.25) is 0 Å². The molecule has 130 valence electrons. The van der Waals surface area contributed by atoms with E-state index in [-0.39, 0.29) is 5.91 Å². The second-order valence-corrected chi connectivity index (χ2v) is 6.99. The fourth-order valence-electron chi connectivity index (χ4n) is 2.67. The van der Waals surface area contributed by atoms with E-state index in [1.54, 1.807) is 6.08 Å². The van der Waals surface area contributed by atoms with Crippen molar-refractivity contribution in [2.75, 3.05) is 11.5 Å². The second kappa shape index (κ2) is 6.86. The highest BCUT2D eigenvalue weighted by Crippen LogP contribution is 2.33. The van der Waals surface area contributed by atoms with Crippen molar-refractivity contribution in [3.63, 3.8) is 0 Å². The summed E-state index contributed by atoms with van der Waals surface area (Å²) in [6.45, 7) is 2.54. The summed E-state index contributed by atoms with van der Waals surface area (Å²) in [4.78, 5) is 18.8. The van der Waals surface area contributed by atoms with Gasteiger partial charge in [0.25, 0.3) is 5.91 Å². The number of hydrogen-bond donors (Lipinski definition) is 1. The molecular weight excluding hydrogens is 366 g/mol. The van der Waals surface area contributed by atoms with Gasteiger partial charge in [0.2, 0.25) is 0 Å². The molecule has 0 unspecified atom stereocenters. The number of benzene rings is 2. The lowest BCUT2D eigenvalue weighted by Crippen LogP contribution is -2.30. The van der Waals surface area contributed by atoms with Crippen molar-refractivity contribution >= 4 is 56.0 Å². The van der Waals surface area contributed by atoms with E-state index in [4.69, 9.17) is 17.0 Å². The maximum atomic E-state index is 12.8. The van der Waals surface area contributed by atoms with E-state index >= 15 is 0 Å². The molecule has 1 N–H and O–H groups in total. The third kappa shape index (κ3) is 3.07. The standard InChI is InChI=1S/C19H15N3O2S2/c1-2-24-13-8-9-14-16(11-13)26-19(21-14)22-17(23)15(20-18(22)25)10-12-6-4-3-5-7-12/h3-11H,2H2,1H3,(H,20,25)/b15-10+. The van der Waals surface area contributed by atoms with E-state index in [9.17, 15) is 4.79 Å². The van der Waals surface area contributed by atoms with Gasteiger partial charge in [-0.1, -0.05) is 41.7 Å². The number of rotatable bonds is 4. The lowest BCUT2D eigenvalue weighted by atomic mass is 10.2. The highest BCUT2D eigenvalue weighted by Gasteiger charge is 2.34. The van der Waals surface area contributed by atoms with Crippen LogP contribution in [0, 0.1) is 0 Å². The van der Waals surface area contributed by atoms with Crippen LogP contribution in [0.15, 0.2) is 54.2 Å². The number of anilines is 1. The topological polar surface area (TPSA) is 54.5 Å². The Morgan fingerprint density at radius 1 is 1.27 bits per heavy atom. The molecule has 1 fully saturated rings. The van der Waals surface area contributed by atoms with Crippen LogP contribution in [0.5, 0.6) is 5.75 Å². The number of thiocarbonyl (C=S) groups is 1. The first kappa shape index (κ1) is 16.7. The SMILES string of the molecule is CCOc1ccc2nc(N3C(=O)/C(=C\c4ccccc4)NC3=S)sc2c1. The maximum absolute atomic E-state index is 12.8. The van der Waals surface area contributed by atoms with Gasteiger partial charge < -0.3 is 10.1 Å². The average Bonchev–Trinajstić information content (AvgIpc) is 3.16. The van der Waals surface area contributed by atoms with Gasteiger partial charge >= 0.3 is 0 Å². The first-order chi connectivity index (χ1) is 12.7. The Kier molecular flexibility index (Phi) is 4.40. The van der Waals surface area contributed by atoms with Crippen LogP contribution in [0.3, 0.4) is 0 Å². The molecule has 7 heteroatoms. The van der Waals surface area contributed by atoms with Gasteiger partial charge in [0, 0.05) is 0 Å². The van der Waals surface area contributed by atoms with Crippen molar-refractivity contribution < 1.29 is 9.53 Å². The van der Waals surface area contributed by atoms with Crippen LogP contribution in [-0.4, -0.2) is 22.6 Å². The number of ether oxygens (including phenoxy) is 1. The smallest absolute Gasteiger partial charge is 0.282 e. The molecule has 1 amide bonds. The number of nitrogens with one attached hydrogen (secondary N) is 1. The van der Waals surface area contributed by atoms with E-state index in [1.165, 1.54) is 16.2 Å². The number of carbonyl (C=O) groups excluding carboxylic acids is 1. The van der Waals surface area contributed by atoms with Crippen molar-refractivity contribution in [3.8, 4) is 5.75 Å². The third-order valence-electron chi connectivity index (χ3n) is 3.84. The quantitative estimate of drug-likeness (QED) is 0.548. The zero-order chi connectivity index (χ0) is 18.1. The molecule has 1 aliphatic heterocycles. The van der Waals surface area contributed by atoms with Crippen LogP contribution < -0.4 is 15.0 Å². The first-order valence-electron chi connectivity index (χ1n) is 8.11. The monoisotopic (exact) mass is 381 g/mol. The minimum absolute atomic E-state index is 0.206. The van der Waals surface area contributed by atoms with Crippen molar-refractivity contribution in [2.45, 2.75) is 6.92 Å². The molecule has 4 rings (SSSR count). The van der Waals surface area contributed by atoms with Crippen LogP contribution in [0.4, 0.5) is 5.13 Å². The molecule has 3 aromatic rings. The molecule has 0 atom stereocenters. The Bertz CT molecular complexity index is 1030. The van der Waals surface area contributed by atoms with Crippen molar-refractivity contribution in [1.29, 1.82) is 0 Å². The van der Waals surface area contributed by atoms with Crippen molar-refractivity contribution in [3.05, 3.63) is 59.8 Å². The molecule has 5 nitrogen and oxygen atoms in total. The Morgan fingerprint density at radius 2 is 2.08 bits per heavy atom. The minimum atomic E-state index is -0.206. The maximum Gasteiger partial charge on any atom is 0.282 e. The van der Waals surface area contributed by atoms with Gasteiger partial charge in [-0.3, -0.25) is 4.79 Å². The van der Waals surface area contributed by atoms with Gasteiger partial charge in [-0.15, -0.1) is 0 Å². The molecule has 0 aliphatic carbocycles. The van der Waals surface area contributed by atoms with Crippen LogP contribution >= 0.6 is 23.6 Å². The average molecular weight is 381 g/mol. The first-order valence-corrected chi connectivity index (χ1v) is 9.34. The zero-order valence-corrected chi connectivity index (χ0v) is 15.6. The summed E-state index contributed by atoms with van der Waals surface area (Å²) >= 11 is 6.77. The van der Waals surface area contributed by atoms with Gasteiger partial charge in [0.05, 0.1) is 16.8 Å². The fourth-order valence-corrected chi connectivity index (χ4v) is 4.01. The normalized spacial score (nSPS) is 15.7. The van der Waals surface area contributed by atoms with E-state index < -0.39 is 0 Å². The second-order valence-electron chi connectivity index (χ2n) is 5.60. The summed E-state index contributed by atoms with van der Waals surface area (Å²) < 4.78 is 6.47. The molecular formula is C19H15N3O2S2. The lowest BCUT2D eigenvalue weighted by Gasteiger charge is -2.08. The number of thiazole rings is 1. The van der Waals surface area contributed by atoms with Gasteiger partial charge in [-0.25, -0.2) is 9.88 Å². The van der Waals surface area contributed by atoms with Crippen molar-refractivity contribution in [2.24, 2.45) is 0 Å². The van der Waals surface area contributed by atoms with Crippen LogP contribution in [0.25, 0.3) is 16.3 Å². The highest BCUT2D eigenvalue weighted by atomic mass is 32.1. The van der Waals surface area contributed by atoms with E-state index in [2.05, 4.69) is 10.3 Å². The Morgan fingerprint density at radius 3 is 2.85 bits per heavy atom. The molecule has 0 bridgehead atoms. The third-order valence-corrected chi connectivity index (χ3v) is 5.13. The number of aromatic nitrogens is 1. The van der Waals surface area contributed by atoms with E-state index in [1.807, 2.05) is 55.5 Å². The number of amides is 1. The molecule has 1 aliphatic rings. The molecule has 0 spiro atoms. The summed E-state index contributed by atoms with van der Waals surface area (Å²) in [5, 5.41) is 3.87. The number of nitrogens with zero attached hydrogens (tertiary/aromatic N) is 2. The molecule has 1 saturated heterocycles. The number of fused-ring (bicyclic) bond motifs is 1. The summed E-state index contributed by atoms with van der Waals surface area (Å²) in [6.07, 6.45) is 1.79. The highest BCUT2D eigenvalue weighted by molar-refractivity contribution is 7.80. The predicted octanol–water partition coefficient (Wildman–Crippen LogP) is 3.96. The van der Waals surface area contributed by atoms with Gasteiger partial charge in [-0.2, -0.15) is 0 Å². The number of carbonyl (C=O) groups is 1. The largest absolute Gasteiger partial charge is 0.494 e. The van der Waals surface area contributed by atoms with Gasteiger partial charge in [0.15, 0.2) is 10.2 Å². The van der Waals surface area contributed by atoms with E-state index in [0.717, 1.165) is 21.5 Å². The van der Waals surface area contributed by atoms with Crippen LogP contribution in [-0.2, 0) is 4.79 Å².